The Kier molecular flexibility index (Phi) is 6.20. The molecule has 0 spiro atoms. The van der Waals surface area contributed by atoms with Crippen molar-refractivity contribution in [3.8, 4) is 0 Å². The van der Waals surface area contributed by atoms with Crippen molar-refractivity contribution in [3.63, 3.8) is 0 Å². The van der Waals surface area contributed by atoms with E-state index in [0.717, 1.165) is 24.8 Å². The Balaban J connectivity index is 1.63. The average Bonchev–Trinajstić information content (AvgIpc) is 3.06. The van der Waals surface area contributed by atoms with Crippen LogP contribution < -0.4 is 0 Å². The minimum atomic E-state index is -1.41. The summed E-state index contributed by atoms with van der Waals surface area (Å²) in [4.78, 5) is 44.2. The number of amides is 1. The monoisotopic (exact) mass is 426 g/mol. The van der Waals surface area contributed by atoms with Crippen LogP contribution in [0.3, 0.4) is 0 Å². The number of esters is 1. The number of rotatable bonds is 5. The molecule has 6 nitrogen and oxygen atoms in total. The summed E-state index contributed by atoms with van der Waals surface area (Å²) in [5, 5.41) is 0. The van der Waals surface area contributed by atoms with Gasteiger partial charge in [-0.15, -0.1) is 0 Å². The molecule has 3 fully saturated rings. The molecule has 5 atom stereocenters. The van der Waals surface area contributed by atoms with Crippen LogP contribution in [0.25, 0.3) is 0 Å². The number of benzene rings is 1. The summed E-state index contributed by atoms with van der Waals surface area (Å²) in [5.41, 5.74) is -0.255. The Labute approximate surface area is 184 Å². The standard InChI is InChI=1S/C25H34N2O4/c1-17-11-18(2)15-26(14-17)23(29)13-25(24(30)31-3)21-10-9-20(12-22(25)28)27(21)16-19-7-5-4-6-8-19/h4-8,17-18,20-21H,9-16H2,1-3H3/t17-,18+,20-,21+,25+/m1/s1. The fourth-order valence-electron chi connectivity index (χ4n) is 6.24. The Morgan fingerprint density at radius 2 is 1.77 bits per heavy atom. The zero-order valence-corrected chi connectivity index (χ0v) is 18.9. The zero-order chi connectivity index (χ0) is 22.2. The van der Waals surface area contributed by atoms with Crippen molar-refractivity contribution in [1.29, 1.82) is 0 Å². The zero-order valence-electron chi connectivity index (χ0n) is 18.9. The molecule has 0 aliphatic carbocycles. The number of piperidine rings is 2. The summed E-state index contributed by atoms with van der Waals surface area (Å²) in [6.45, 7) is 6.36. The molecule has 4 rings (SSSR count). The molecule has 0 radical (unpaired) electrons. The molecule has 3 saturated heterocycles. The van der Waals surface area contributed by atoms with Gasteiger partial charge in [0.1, 0.15) is 0 Å². The molecule has 1 amide bonds. The van der Waals surface area contributed by atoms with Gasteiger partial charge in [-0.25, -0.2) is 0 Å². The van der Waals surface area contributed by atoms with E-state index in [1.165, 1.54) is 7.11 Å². The van der Waals surface area contributed by atoms with Crippen LogP contribution in [-0.4, -0.2) is 59.7 Å². The van der Waals surface area contributed by atoms with Crippen molar-refractivity contribution in [1.82, 2.24) is 9.80 Å². The molecule has 1 aromatic carbocycles. The molecule has 0 saturated carbocycles. The van der Waals surface area contributed by atoms with Crippen molar-refractivity contribution in [2.45, 2.75) is 64.6 Å². The first-order valence-electron chi connectivity index (χ1n) is 11.5. The second-order valence-corrected chi connectivity index (χ2v) is 9.92. The number of Topliss-reactive ketones (excluding diaryl/α,β-unsaturated/α-hetero) is 1. The first-order valence-corrected chi connectivity index (χ1v) is 11.5. The van der Waals surface area contributed by atoms with E-state index in [2.05, 4.69) is 30.9 Å². The third kappa shape index (κ3) is 4.02. The maximum atomic E-state index is 13.4. The lowest BCUT2D eigenvalue weighted by Gasteiger charge is -2.46. The number of carbonyl (C=O) groups is 3. The lowest BCUT2D eigenvalue weighted by molar-refractivity contribution is -0.171. The fourth-order valence-corrected chi connectivity index (χ4v) is 6.24. The predicted octanol–water partition coefficient (Wildman–Crippen LogP) is 3.05. The summed E-state index contributed by atoms with van der Waals surface area (Å²) in [5.74, 6) is 0.0840. The molecule has 1 aromatic rings. The van der Waals surface area contributed by atoms with E-state index in [4.69, 9.17) is 4.74 Å². The molecular formula is C25H34N2O4. The highest BCUT2D eigenvalue weighted by atomic mass is 16.5. The van der Waals surface area contributed by atoms with E-state index in [9.17, 15) is 14.4 Å². The predicted molar refractivity (Wildman–Crippen MR) is 117 cm³/mol. The van der Waals surface area contributed by atoms with Crippen LogP contribution in [-0.2, 0) is 25.7 Å². The lowest BCUT2D eigenvalue weighted by atomic mass is 9.69. The van der Waals surface area contributed by atoms with Crippen LogP contribution >= 0.6 is 0 Å². The van der Waals surface area contributed by atoms with Crippen LogP contribution in [0.4, 0.5) is 0 Å². The van der Waals surface area contributed by atoms with Gasteiger partial charge in [-0.05, 0) is 36.7 Å². The molecule has 3 aliphatic rings. The number of nitrogens with zero attached hydrogens (tertiary/aromatic N) is 2. The molecule has 6 heteroatoms. The molecule has 31 heavy (non-hydrogen) atoms. The molecule has 0 unspecified atom stereocenters. The fraction of sp³-hybridized carbons (Fsp3) is 0.640. The second kappa shape index (κ2) is 8.73. The highest BCUT2D eigenvalue weighted by molar-refractivity contribution is 6.08. The summed E-state index contributed by atoms with van der Waals surface area (Å²) in [6, 6.07) is 9.95. The molecular weight excluding hydrogens is 392 g/mol. The molecule has 3 heterocycles. The first kappa shape index (κ1) is 22.0. The van der Waals surface area contributed by atoms with Gasteiger partial charge >= 0.3 is 5.97 Å². The molecule has 0 aromatic heterocycles. The van der Waals surface area contributed by atoms with Crippen molar-refractivity contribution < 1.29 is 19.1 Å². The Morgan fingerprint density at radius 1 is 1.10 bits per heavy atom. The van der Waals surface area contributed by atoms with Crippen LogP contribution in [0.1, 0.15) is 51.5 Å². The van der Waals surface area contributed by atoms with Crippen molar-refractivity contribution in [2.75, 3.05) is 20.2 Å². The van der Waals surface area contributed by atoms with E-state index in [-0.39, 0.29) is 30.2 Å². The number of ketones is 1. The number of fused-ring (bicyclic) bond motifs is 2. The number of ether oxygens (including phenoxy) is 1. The third-order valence-corrected chi connectivity index (χ3v) is 7.54. The second-order valence-electron chi connectivity index (χ2n) is 9.92. The quantitative estimate of drug-likeness (QED) is 0.535. The Bertz CT molecular complexity index is 831. The topological polar surface area (TPSA) is 66.9 Å². The smallest absolute Gasteiger partial charge is 0.321 e. The Morgan fingerprint density at radius 3 is 2.42 bits per heavy atom. The highest BCUT2D eigenvalue weighted by Crippen LogP contribution is 2.48. The number of hydrogen-bond donors (Lipinski definition) is 0. The van der Waals surface area contributed by atoms with E-state index < -0.39 is 11.4 Å². The SMILES string of the molecule is COC(=O)[C@]1(CC(=O)N2C[C@H](C)C[C@H](C)C2)C(=O)C[C@H]2CC[C@@H]1N2Cc1ccccc1. The van der Waals surface area contributed by atoms with Gasteiger partial charge in [0.05, 0.1) is 13.5 Å². The molecule has 2 bridgehead atoms. The highest BCUT2D eigenvalue weighted by Gasteiger charge is 2.62. The summed E-state index contributed by atoms with van der Waals surface area (Å²) in [6.07, 6.45) is 2.92. The Hall–Kier alpha value is -2.21. The maximum Gasteiger partial charge on any atom is 0.321 e. The van der Waals surface area contributed by atoms with E-state index >= 15 is 0 Å². The number of hydrogen-bond acceptors (Lipinski definition) is 5. The van der Waals surface area contributed by atoms with Crippen molar-refractivity contribution in [3.05, 3.63) is 35.9 Å². The number of methoxy groups -OCH3 is 1. The minimum Gasteiger partial charge on any atom is -0.468 e. The molecule has 0 N–H and O–H groups in total. The van der Waals surface area contributed by atoms with Gasteiger partial charge in [-0.1, -0.05) is 44.2 Å². The maximum absolute atomic E-state index is 13.4. The largest absolute Gasteiger partial charge is 0.468 e. The van der Waals surface area contributed by atoms with E-state index in [0.29, 0.717) is 37.9 Å². The van der Waals surface area contributed by atoms with E-state index in [1.807, 2.05) is 23.1 Å². The normalized spacial score (nSPS) is 33.4. The van der Waals surface area contributed by atoms with Crippen LogP contribution in [0.15, 0.2) is 30.3 Å². The number of carbonyl (C=O) groups excluding carboxylic acids is 3. The van der Waals surface area contributed by atoms with E-state index in [1.54, 1.807) is 0 Å². The van der Waals surface area contributed by atoms with Gasteiger partial charge in [0.15, 0.2) is 11.2 Å². The van der Waals surface area contributed by atoms with Crippen molar-refractivity contribution in [2.24, 2.45) is 17.3 Å². The molecule has 168 valence electrons. The van der Waals surface area contributed by atoms with Gasteiger partial charge in [0, 0.05) is 38.1 Å². The minimum absolute atomic E-state index is 0.0827. The average molecular weight is 427 g/mol. The van der Waals surface area contributed by atoms with Gasteiger partial charge < -0.3 is 9.64 Å². The number of likely N-dealkylation sites (tertiary alicyclic amines) is 1. The lowest BCUT2D eigenvalue weighted by Crippen LogP contribution is -2.61. The summed E-state index contributed by atoms with van der Waals surface area (Å²) < 4.78 is 5.19. The summed E-state index contributed by atoms with van der Waals surface area (Å²) in [7, 11) is 1.33. The first-order chi connectivity index (χ1) is 14.8. The van der Waals surface area contributed by atoms with Gasteiger partial charge in [0.2, 0.25) is 5.91 Å². The van der Waals surface area contributed by atoms with Crippen LogP contribution in [0.2, 0.25) is 0 Å². The van der Waals surface area contributed by atoms with Gasteiger partial charge in [-0.2, -0.15) is 0 Å². The molecule has 3 aliphatic heterocycles. The summed E-state index contributed by atoms with van der Waals surface area (Å²) >= 11 is 0. The van der Waals surface area contributed by atoms with Gasteiger partial charge in [-0.3, -0.25) is 19.3 Å². The van der Waals surface area contributed by atoms with Gasteiger partial charge in [0.25, 0.3) is 0 Å². The van der Waals surface area contributed by atoms with Crippen LogP contribution in [0.5, 0.6) is 0 Å². The van der Waals surface area contributed by atoms with Crippen molar-refractivity contribution >= 4 is 17.7 Å². The third-order valence-electron chi connectivity index (χ3n) is 7.54. The van der Waals surface area contributed by atoms with Crippen LogP contribution in [0, 0.1) is 17.3 Å².